The van der Waals surface area contributed by atoms with Crippen molar-refractivity contribution >= 4 is 34.4 Å². The van der Waals surface area contributed by atoms with E-state index in [2.05, 4.69) is 32.9 Å². The van der Waals surface area contributed by atoms with Crippen molar-refractivity contribution in [1.29, 1.82) is 0 Å². The first-order valence-electron chi connectivity index (χ1n) is 7.56. The van der Waals surface area contributed by atoms with Crippen LogP contribution in [0.3, 0.4) is 0 Å². The Morgan fingerprint density at radius 3 is 2.61 bits per heavy atom. The molecular weight excluding hydrogens is 403 g/mol. The number of aromatic nitrogens is 1. The Hall–Kier alpha value is -1.63. The van der Waals surface area contributed by atoms with Crippen LogP contribution in [0.25, 0.3) is 0 Å². The molecule has 0 radical (unpaired) electrons. The van der Waals surface area contributed by atoms with Gasteiger partial charge < -0.3 is 10.1 Å². The molecule has 0 aliphatic carbocycles. The predicted octanol–water partition coefficient (Wildman–Crippen LogP) is 3.95. The molecule has 2 unspecified atom stereocenters. The van der Waals surface area contributed by atoms with Crippen LogP contribution in [0.5, 0.6) is 0 Å². The Morgan fingerprint density at radius 2 is 1.96 bits per heavy atom. The van der Waals surface area contributed by atoms with E-state index < -0.39 is 5.60 Å². The van der Waals surface area contributed by atoms with Crippen LogP contribution in [-0.4, -0.2) is 17.0 Å². The number of cyclic esters (lactones) is 1. The standard InChI is InChI=1S/C18H19IN2O2/c1-11-8-12(2)20-16(9-11)21-15-10-18(3,23-17(15)22)13-4-6-14(19)7-5-13/h4-9,15H,10H2,1-3H3,(H,20,21). The summed E-state index contributed by atoms with van der Waals surface area (Å²) in [7, 11) is 0. The Bertz CT molecular complexity index is 725. The number of benzene rings is 1. The Balaban J connectivity index is 1.80. The van der Waals surface area contributed by atoms with E-state index in [9.17, 15) is 4.79 Å². The number of esters is 1. The molecule has 0 saturated carbocycles. The maximum absolute atomic E-state index is 12.3. The van der Waals surface area contributed by atoms with E-state index in [0.29, 0.717) is 6.42 Å². The molecule has 3 rings (SSSR count). The first-order chi connectivity index (χ1) is 10.9. The van der Waals surface area contributed by atoms with Gasteiger partial charge in [-0.2, -0.15) is 0 Å². The number of hydrogen-bond donors (Lipinski definition) is 1. The second kappa shape index (κ2) is 6.11. The highest BCUT2D eigenvalue weighted by Gasteiger charge is 2.44. The van der Waals surface area contributed by atoms with Gasteiger partial charge in [0.25, 0.3) is 0 Å². The van der Waals surface area contributed by atoms with Crippen molar-refractivity contribution in [3.05, 3.63) is 56.8 Å². The Kier molecular flexibility index (Phi) is 4.31. The summed E-state index contributed by atoms with van der Waals surface area (Å²) in [4.78, 5) is 16.7. The van der Waals surface area contributed by atoms with Crippen molar-refractivity contribution in [2.45, 2.75) is 38.8 Å². The quantitative estimate of drug-likeness (QED) is 0.602. The maximum Gasteiger partial charge on any atom is 0.329 e. The van der Waals surface area contributed by atoms with Crippen LogP contribution in [0.15, 0.2) is 36.4 Å². The summed E-state index contributed by atoms with van der Waals surface area (Å²) in [6.45, 7) is 5.92. The van der Waals surface area contributed by atoms with Gasteiger partial charge in [-0.25, -0.2) is 9.78 Å². The van der Waals surface area contributed by atoms with Gasteiger partial charge in [-0.1, -0.05) is 12.1 Å². The number of aryl methyl sites for hydroxylation is 2. The molecule has 1 saturated heterocycles. The topological polar surface area (TPSA) is 51.2 Å². The molecule has 1 aliphatic rings. The van der Waals surface area contributed by atoms with E-state index in [0.717, 1.165) is 26.2 Å². The number of hydrogen-bond acceptors (Lipinski definition) is 4. The average Bonchev–Trinajstić information content (AvgIpc) is 2.74. The molecule has 0 spiro atoms. The van der Waals surface area contributed by atoms with Gasteiger partial charge in [-0.3, -0.25) is 0 Å². The van der Waals surface area contributed by atoms with Gasteiger partial charge in [0, 0.05) is 15.7 Å². The van der Waals surface area contributed by atoms with Crippen LogP contribution in [0.2, 0.25) is 0 Å². The molecule has 4 nitrogen and oxygen atoms in total. The molecule has 1 aromatic carbocycles. The number of carbonyl (C=O) groups excluding carboxylic acids is 1. The number of carbonyl (C=O) groups is 1. The van der Waals surface area contributed by atoms with Crippen LogP contribution < -0.4 is 5.32 Å². The molecule has 2 aromatic rings. The van der Waals surface area contributed by atoms with Gasteiger partial charge >= 0.3 is 5.97 Å². The lowest BCUT2D eigenvalue weighted by Gasteiger charge is -2.23. The van der Waals surface area contributed by atoms with E-state index in [1.54, 1.807) is 0 Å². The molecule has 23 heavy (non-hydrogen) atoms. The average molecular weight is 422 g/mol. The van der Waals surface area contributed by atoms with E-state index >= 15 is 0 Å². The zero-order valence-electron chi connectivity index (χ0n) is 13.4. The van der Waals surface area contributed by atoms with Crippen LogP contribution in [0.1, 0.15) is 30.2 Å². The van der Waals surface area contributed by atoms with Gasteiger partial charge in [-0.05, 0) is 78.8 Å². The van der Waals surface area contributed by atoms with Gasteiger partial charge in [-0.15, -0.1) is 0 Å². The molecule has 0 bridgehead atoms. The summed E-state index contributed by atoms with van der Waals surface area (Å²) >= 11 is 2.27. The highest BCUT2D eigenvalue weighted by Crippen LogP contribution is 2.37. The minimum atomic E-state index is -0.599. The number of pyridine rings is 1. The van der Waals surface area contributed by atoms with Crippen molar-refractivity contribution in [3.63, 3.8) is 0 Å². The van der Waals surface area contributed by atoms with Crippen molar-refractivity contribution in [2.75, 3.05) is 5.32 Å². The first-order valence-corrected chi connectivity index (χ1v) is 8.64. The van der Waals surface area contributed by atoms with Gasteiger partial charge in [0.15, 0.2) is 0 Å². The molecule has 1 N–H and O–H groups in total. The third kappa shape index (κ3) is 3.49. The maximum atomic E-state index is 12.3. The SMILES string of the molecule is Cc1cc(C)nc(NC2CC(C)(c3ccc(I)cc3)OC2=O)c1. The normalized spacial score (nSPS) is 23.7. The van der Waals surface area contributed by atoms with E-state index in [4.69, 9.17) is 4.74 Å². The molecule has 120 valence electrons. The molecule has 2 heterocycles. The minimum absolute atomic E-state index is 0.230. The lowest BCUT2D eigenvalue weighted by atomic mass is 9.91. The molecule has 2 atom stereocenters. The minimum Gasteiger partial charge on any atom is -0.453 e. The Labute approximate surface area is 149 Å². The summed E-state index contributed by atoms with van der Waals surface area (Å²) in [5, 5.41) is 3.22. The van der Waals surface area contributed by atoms with Crippen LogP contribution >= 0.6 is 22.6 Å². The molecular formula is C18H19IN2O2. The summed E-state index contributed by atoms with van der Waals surface area (Å²) in [5.41, 5.74) is 2.47. The fraction of sp³-hybridized carbons (Fsp3) is 0.333. The number of anilines is 1. The van der Waals surface area contributed by atoms with Gasteiger partial charge in [0.1, 0.15) is 17.5 Å². The van der Waals surface area contributed by atoms with Crippen molar-refractivity contribution < 1.29 is 9.53 Å². The van der Waals surface area contributed by atoms with E-state index in [-0.39, 0.29) is 12.0 Å². The van der Waals surface area contributed by atoms with E-state index in [1.807, 2.05) is 57.2 Å². The number of halogens is 1. The number of nitrogens with one attached hydrogen (secondary N) is 1. The summed E-state index contributed by atoms with van der Waals surface area (Å²) in [6, 6.07) is 11.7. The number of rotatable bonds is 3. The predicted molar refractivity (Wildman–Crippen MR) is 98.3 cm³/mol. The number of ether oxygens (including phenoxy) is 1. The molecule has 1 aliphatic heterocycles. The summed E-state index contributed by atoms with van der Waals surface area (Å²) in [5.74, 6) is 0.489. The first kappa shape index (κ1) is 16.2. The van der Waals surface area contributed by atoms with Crippen molar-refractivity contribution in [3.8, 4) is 0 Å². The summed E-state index contributed by atoms with van der Waals surface area (Å²) < 4.78 is 6.85. The van der Waals surface area contributed by atoms with Gasteiger partial charge in [0.05, 0.1) is 0 Å². The molecule has 1 fully saturated rings. The molecule has 5 heteroatoms. The fourth-order valence-electron chi connectivity index (χ4n) is 2.99. The van der Waals surface area contributed by atoms with Crippen LogP contribution in [0.4, 0.5) is 5.82 Å². The second-order valence-electron chi connectivity index (χ2n) is 6.23. The third-order valence-corrected chi connectivity index (χ3v) is 4.80. The zero-order valence-corrected chi connectivity index (χ0v) is 15.5. The molecule has 1 aromatic heterocycles. The van der Waals surface area contributed by atoms with Crippen LogP contribution in [0, 0.1) is 17.4 Å². The fourth-order valence-corrected chi connectivity index (χ4v) is 3.35. The highest BCUT2D eigenvalue weighted by atomic mass is 127. The van der Waals surface area contributed by atoms with Crippen LogP contribution in [-0.2, 0) is 15.1 Å². The lowest BCUT2D eigenvalue weighted by Crippen LogP contribution is -2.25. The summed E-state index contributed by atoms with van der Waals surface area (Å²) in [6.07, 6.45) is 0.584. The smallest absolute Gasteiger partial charge is 0.329 e. The van der Waals surface area contributed by atoms with E-state index in [1.165, 1.54) is 0 Å². The van der Waals surface area contributed by atoms with Gasteiger partial charge in [0.2, 0.25) is 0 Å². The third-order valence-electron chi connectivity index (χ3n) is 4.08. The van der Waals surface area contributed by atoms with Crippen molar-refractivity contribution in [1.82, 2.24) is 4.98 Å². The zero-order chi connectivity index (χ0) is 16.6. The van der Waals surface area contributed by atoms with Crippen molar-refractivity contribution in [2.24, 2.45) is 0 Å². The largest absolute Gasteiger partial charge is 0.453 e. The monoisotopic (exact) mass is 422 g/mol. The number of nitrogens with zero attached hydrogens (tertiary/aromatic N) is 1. The lowest BCUT2D eigenvalue weighted by molar-refractivity contribution is -0.148. The highest BCUT2D eigenvalue weighted by molar-refractivity contribution is 14.1. The second-order valence-corrected chi connectivity index (χ2v) is 7.48. The molecule has 0 amide bonds. The Morgan fingerprint density at radius 1 is 1.26 bits per heavy atom.